The SMILES string of the molecule is Cc1cc(NCc2sccc2Br)ncc1[N+](=O)[O-]. The highest BCUT2D eigenvalue weighted by Gasteiger charge is 2.11. The Balaban J connectivity index is 2.09. The zero-order valence-corrected chi connectivity index (χ0v) is 11.9. The van der Waals surface area contributed by atoms with Gasteiger partial charge in [0.05, 0.1) is 11.5 Å². The molecule has 2 aromatic rings. The van der Waals surface area contributed by atoms with Crippen LogP contribution in [0, 0.1) is 17.0 Å². The van der Waals surface area contributed by atoms with Gasteiger partial charge in [0.2, 0.25) is 0 Å². The lowest BCUT2D eigenvalue weighted by Gasteiger charge is -2.05. The fraction of sp³-hybridized carbons (Fsp3) is 0.182. The second-order valence-corrected chi connectivity index (χ2v) is 5.51. The van der Waals surface area contributed by atoms with Gasteiger partial charge in [-0.25, -0.2) is 4.98 Å². The Hall–Kier alpha value is -1.47. The van der Waals surface area contributed by atoms with E-state index in [1.807, 2.05) is 11.4 Å². The molecule has 94 valence electrons. The van der Waals surface area contributed by atoms with Crippen LogP contribution in [0.3, 0.4) is 0 Å². The van der Waals surface area contributed by atoms with Gasteiger partial charge >= 0.3 is 0 Å². The van der Waals surface area contributed by atoms with E-state index < -0.39 is 4.92 Å². The largest absolute Gasteiger partial charge is 0.365 e. The Labute approximate surface area is 116 Å². The van der Waals surface area contributed by atoms with E-state index in [0.29, 0.717) is 17.9 Å². The molecule has 18 heavy (non-hydrogen) atoms. The Morgan fingerprint density at radius 1 is 1.61 bits per heavy atom. The van der Waals surface area contributed by atoms with Gasteiger partial charge in [0.15, 0.2) is 0 Å². The summed E-state index contributed by atoms with van der Waals surface area (Å²) in [5.41, 5.74) is 0.639. The van der Waals surface area contributed by atoms with E-state index >= 15 is 0 Å². The molecule has 0 aliphatic heterocycles. The molecule has 2 rings (SSSR count). The Morgan fingerprint density at radius 3 is 2.94 bits per heavy atom. The van der Waals surface area contributed by atoms with Gasteiger partial charge in [0, 0.05) is 14.9 Å². The van der Waals surface area contributed by atoms with E-state index in [2.05, 4.69) is 26.2 Å². The number of thiophene rings is 1. The summed E-state index contributed by atoms with van der Waals surface area (Å²) in [5.74, 6) is 0.637. The zero-order chi connectivity index (χ0) is 13.1. The second kappa shape index (κ2) is 5.45. The summed E-state index contributed by atoms with van der Waals surface area (Å²) in [6, 6.07) is 3.66. The van der Waals surface area contributed by atoms with Crippen LogP contribution in [0.15, 0.2) is 28.2 Å². The molecule has 1 N–H and O–H groups in total. The van der Waals surface area contributed by atoms with Gasteiger partial charge in [0.1, 0.15) is 12.0 Å². The Morgan fingerprint density at radius 2 is 2.39 bits per heavy atom. The monoisotopic (exact) mass is 327 g/mol. The number of halogens is 1. The van der Waals surface area contributed by atoms with Crippen LogP contribution in [0.1, 0.15) is 10.4 Å². The molecule has 0 bridgehead atoms. The highest BCUT2D eigenvalue weighted by molar-refractivity contribution is 9.10. The van der Waals surface area contributed by atoms with Crippen LogP contribution in [0.2, 0.25) is 0 Å². The first kappa shape index (κ1) is 13.0. The van der Waals surface area contributed by atoms with E-state index in [-0.39, 0.29) is 5.69 Å². The van der Waals surface area contributed by atoms with Crippen molar-refractivity contribution in [1.82, 2.24) is 4.98 Å². The number of aryl methyl sites for hydroxylation is 1. The number of hydrogen-bond donors (Lipinski definition) is 1. The number of pyridine rings is 1. The summed E-state index contributed by atoms with van der Waals surface area (Å²) in [6.07, 6.45) is 1.28. The molecule has 0 unspecified atom stereocenters. The van der Waals surface area contributed by atoms with Gasteiger partial charge in [-0.3, -0.25) is 10.1 Å². The second-order valence-electron chi connectivity index (χ2n) is 3.66. The summed E-state index contributed by atoms with van der Waals surface area (Å²) in [7, 11) is 0. The molecule has 0 atom stereocenters. The lowest BCUT2D eigenvalue weighted by molar-refractivity contribution is -0.385. The van der Waals surface area contributed by atoms with Crippen LogP contribution >= 0.6 is 27.3 Å². The predicted molar refractivity (Wildman–Crippen MR) is 75.0 cm³/mol. The minimum Gasteiger partial charge on any atom is -0.365 e. The molecular weight excluding hydrogens is 318 g/mol. The highest BCUT2D eigenvalue weighted by Crippen LogP contribution is 2.24. The van der Waals surface area contributed by atoms with Crippen molar-refractivity contribution >= 4 is 38.8 Å². The third-order valence-corrected chi connectivity index (χ3v) is 4.33. The maximum atomic E-state index is 10.7. The molecule has 0 radical (unpaired) electrons. The number of nitro groups is 1. The van der Waals surface area contributed by atoms with Crippen molar-refractivity contribution in [1.29, 1.82) is 0 Å². The first-order valence-corrected chi connectivity index (χ1v) is 6.82. The van der Waals surface area contributed by atoms with Crippen molar-refractivity contribution in [3.05, 3.63) is 48.7 Å². The van der Waals surface area contributed by atoms with Gasteiger partial charge in [-0.2, -0.15) is 0 Å². The van der Waals surface area contributed by atoms with Gasteiger partial charge < -0.3 is 5.32 Å². The summed E-state index contributed by atoms with van der Waals surface area (Å²) >= 11 is 5.08. The lowest BCUT2D eigenvalue weighted by Crippen LogP contribution is -2.02. The first-order valence-electron chi connectivity index (χ1n) is 5.14. The van der Waals surface area contributed by atoms with Crippen molar-refractivity contribution in [3.63, 3.8) is 0 Å². The lowest BCUT2D eigenvalue weighted by atomic mass is 10.2. The maximum absolute atomic E-state index is 10.7. The fourth-order valence-electron chi connectivity index (χ4n) is 1.46. The molecule has 2 heterocycles. The average molecular weight is 328 g/mol. The third-order valence-electron chi connectivity index (χ3n) is 2.40. The predicted octanol–water partition coefficient (Wildman–Crippen LogP) is 3.73. The van der Waals surface area contributed by atoms with Crippen LogP contribution in [-0.4, -0.2) is 9.91 Å². The van der Waals surface area contributed by atoms with Gasteiger partial charge in [0.25, 0.3) is 5.69 Å². The molecule has 0 spiro atoms. The van der Waals surface area contributed by atoms with Crippen molar-refractivity contribution in [2.24, 2.45) is 0 Å². The van der Waals surface area contributed by atoms with Crippen molar-refractivity contribution in [3.8, 4) is 0 Å². The normalized spacial score (nSPS) is 10.3. The molecule has 0 saturated heterocycles. The number of nitrogens with zero attached hydrogens (tertiary/aromatic N) is 2. The van der Waals surface area contributed by atoms with Crippen LogP contribution in [-0.2, 0) is 6.54 Å². The summed E-state index contributed by atoms with van der Waals surface area (Å²) < 4.78 is 1.05. The number of anilines is 1. The average Bonchev–Trinajstić information content (AvgIpc) is 2.72. The molecule has 5 nitrogen and oxygen atoms in total. The zero-order valence-electron chi connectivity index (χ0n) is 9.51. The standard InChI is InChI=1S/C11H10BrN3O2S/c1-7-4-11(13-5-9(7)15(16)17)14-6-10-8(12)2-3-18-10/h2-5H,6H2,1H3,(H,13,14). The molecule has 7 heteroatoms. The number of rotatable bonds is 4. The topological polar surface area (TPSA) is 68.1 Å². The van der Waals surface area contributed by atoms with Gasteiger partial charge in [-0.1, -0.05) is 0 Å². The van der Waals surface area contributed by atoms with Crippen molar-refractivity contribution < 1.29 is 4.92 Å². The molecule has 0 amide bonds. The molecule has 0 aliphatic rings. The van der Waals surface area contributed by atoms with E-state index in [1.165, 1.54) is 6.20 Å². The summed E-state index contributed by atoms with van der Waals surface area (Å²) in [5, 5.41) is 15.8. The maximum Gasteiger partial charge on any atom is 0.290 e. The number of hydrogen-bond acceptors (Lipinski definition) is 5. The molecule has 0 aliphatic carbocycles. The third kappa shape index (κ3) is 2.85. The fourth-order valence-corrected chi connectivity index (χ4v) is 2.89. The van der Waals surface area contributed by atoms with E-state index in [9.17, 15) is 10.1 Å². The minimum absolute atomic E-state index is 0.0397. The number of aromatic nitrogens is 1. The van der Waals surface area contributed by atoms with Crippen LogP contribution < -0.4 is 5.32 Å². The first-order chi connectivity index (χ1) is 8.58. The smallest absolute Gasteiger partial charge is 0.290 e. The van der Waals surface area contributed by atoms with Crippen molar-refractivity contribution in [2.75, 3.05) is 5.32 Å². The summed E-state index contributed by atoms with van der Waals surface area (Å²) in [6.45, 7) is 2.34. The van der Waals surface area contributed by atoms with Crippen molar-refractivity contribution in [2.45, 2.75) is 13.5 Å². The number of nitrogens with one attached hydrogen (secondary N) is 1. The molecular formula is C11H10BrN3O2S. The molecule has 0 aromatic carbocycles. The van der Waals surface area contributed by atoms with Crippen LogP contribution in [0.25, 0.3) is 0 Å². The van der Waals surface area contributed by atoms with E-state index in [0.717, 1.165) is 9.35 Å². The molecule has 0 fully saturated rings. The minimum atomic E-state index is -0.429. The van der Waals surface area contributed by atoms with Gasteiger partial charge in [-0.15, -0.1) is 11.3 Å². The highest BCUT2D eigenvalue weighted by atomic mass is 79.9. The Bertz CT molecular complexity index is 585. The van der Waals surface area contributed by atoms with Crippen LogP contribution in [0.4, 0.5) is 11.5 Å². The van der Waals surface area contributed by atoms with E-state index in [4.69, 9.17) is 0 Å². The molecule has 0 saturated carbocycles. The Kier molecular flexibility index (Phi) is 3.93. The van der Waals surface area contributed by atoms with Gasteiger partial charge in [-0.05, 0) is 40.4 Å². The summed E-state index contributed by atoms with van der Waals surface area (Å²) in [4.78, 5) is 15.4. The quantitative estimate of drug-likeness (QED) is 0.686. The van der Waals surface area contributed by atoms with Crippen LogP contribution in [0.5, 0.6) is 0 Å². The van der Waals surface area contributed by atoms with E-state index in [1.54, 1.807) is 24.3 Å². The molecule has 2 aromatic heterocycles.